The summed E-state index contributed by atoms with van der Waals surface area (Å²) in [6.07, 6.45) is 6.35. The number of carbonyl (C=O) groups is 2. The van der Waals surface area contributed by atoms with E-state index in [0.717, 1.165) is 66.2 Å². The molecule has 0 radical (unpaired) electrons. The van der Waals surface area contributed by atoms with Gasteiger partial charge in [0.15, 0.2) is 0 Å². The quantitative estimate of drug-likeness (QED) is 0.503. The Bertz CT molecular complexity index is 1230. The highest BCUT2D eigenvalue weighted by atomic mass is 16.4. The van der Waals surface area contributed by atoms with Gasteiger partial charge in [-0.25, -0.2) is 9.59 Å². The molecule has 0 unspecified atom stereocenters. The molecule has 170 valence electrons. The Morgan fingerprint density at radius 1 is 1.12 bits per heavy atom. The van der Waals surface area contributed by atoms with E-state index in [4.69, 9.17) is 8.83 Å². The molecule has 2 N–H and O–H groups in total. The minimum atomic E-state index is -1.04. The highest BCUT2D eigenvalue weighted by Crippen LogP contribution is 2.35. The number of hydrogen-bond acceptors (Lipinski definition) is 5. The summed E-state index contributed by atoms with van der Waals surface area (Å²) < 4.78 is 11.6. The van der Waals surface area contributed by atoms with Crippen LogP contribution in [0, 0.1) is 6.92 Å². The zero-order valence-electron chi connectivity index (χ0n) is 18.6. The predicted molar refractivity (Wildman–Crippen MR) is 121 cm³/mol. The van der Waals surface area contributed by atoms with Crippen molar-refractivity contribution in [3.05, 3.63) is 45.0 Å². The smallest absolute Gasteiger partial charge is 0.339 e. The minimum absolute atomic E-state index is 0.0242. The second kappa shape index (κ2) is 9.18. The van der Waals surface area contributed by atoms with E-state index < -0.39 is 17.6 Å². The fourth-order valence-electron chi connectivity index (χ4n) is 4.60. The molecule has 0 spiro atoms. The molecule has 0 bridgehead atoms. The first-order valence-corrected chi connectivity index (χ1v) is 11.4. The minimum Gasteiger partial charge on any atom is -0.480 e. The van der Waals surface area contributed by atoms with Gasteiger partial charge in [-0.1, -0.05) is 19.8 Å². The van der Waals surface area contributed by atoms with Crippen LogP contribution >= 0.6 is 0 Å². The van der Waals surface area contributed by atoms with Gasteiger partial charge in [0, 0.05) is 40.8 Å². The number of aryl methyl sites for hydroxylation is 3. The third-order valence-corrected chi connectivity index (χ3v) is 6.44. The van der Waals surface area contributed by atoms with Gasteiger partial charge in [0.05, 0.1) is 0 Å². The van der Waals surface area contributed by atoms with Crippen LogP contribution < -0.4 is 10.9 Å². The third-order valence-electron chi connectivity index (χ3n) is 6.44. The molecule has 32 heavy (non-hydrogen) atoms. The largest absolute Gasteiger partial charge is 0.480 e. The molecule has 2 aromatic heterocycles. The van der Waals surface area contributed by atoms with E-state index >= 15 is 0 Å². The number of nitrogens with one attached hydrogen (secondary N) is 1. The van der Waals surface area contributed by atoms with Crippen molar-refractivity contribution in [2.45, 2.75) is 77.7 Å². The van der Waals surface area contributed by atoms with E-state index in [-0.39, 0.29) is 18.7 Å². The lowest BCUT2D eigenvalue weighted by molar-refractivity contribution is -0.142. The summed E-state index contributed by atoms with van der Waals surface area (Å²) in [5.41, 5.74) is 3.23. The second-order valence-corrected chi connectivity index (χ2v) is 8.65. The number of carbonyl (C=O) groups excluding carboxylic acids is 1. The van der Waals surface area contributed by atoms with E-state index in [0.29, 0.717) is 17.6 Å². The monoisotopic (exact) mass is 439 g/mol. The van der Waals surface area contributed by atoms with Crippen LogP contribution in [0.25, 0.3) is 21.9 Å². The SMILES string of the molecule is CCCC[C@H](NC(=O)CCc1c(C)c2cc3c4c(oc3cc2oc1=O)CCCC4)C(=O)O. The normalized spacial score (nSPS) is 14.4. The maximum atomic E-state index is 12.6. The Morgan fingerprint density at radius 2 is 1.88 bits per heavy atom. The molecule has 1 aromatic carbocycles. The van der Waals surface area contributed by atoms with Crippen LogP contribution in [0.4, 0.5) is 0 Å². The first kappa shape index (κ1) is 22.1. The number of carboxylic acid groups (broad SMARTS) is 1. The average molecular weight is 440 g/mol. The van der Waals surface area contributed by atoms with Gasteiger partial charge < -0.3 is 19.3 Å². The van der Waals surface area contributed by atoms with Gasteiger partial charge in [-0.3, -0.25) is 4.79 Å². The third kappa shape index (κ3) is 4.29. The lowest BCUT2D eigenvalue weighted by Crippen LogP contribution is -2.40. The molecule has 0 aliphatic heterocycles. The summed E-state index contributed by atoms with van der Waals surface area (Å²) in [6, 6.07) is 2.92. The summed E-state index contributed by atoms with van der Waals surface area (Å²) >= 11 is 0. The van der Waals surface area contributed by atoms with Crippen LogP contribution in [0.1, 0.15) is 67.9 Å². The van der Waals surface area contributed by atoms with Crippen LogP contribution in [-0.4, -0.2) is 23.0 Å². The van der Waals surface area contributed by atoms with E-state index in [1.54, 1.807) is 6.07 Å². The van der Waals surface area contributed by atoms with Crippen LogP contribution in [-0.2, 0) is 28.9 Å². The number of rotatable bonds is 8. The maximum absolute atomic E-state index is 12.6. The Kier molecular flexibility index (Phi) is 6.35. The van der Waals surface area contributed by atoms with Gasteiger partial charge in [0.1, 0.15) is 23.0 Å². The summed E-state index contributed by atoms with van der Waals surface area (Å²) in [6.45, 7) is 3.84. The molecule has 0 saturated carbocycles. The standard InChI is InChI=1S/C25H29NO6/c1-3-4-8-19(24(28)29)26-23(27)11-10-15-14(2)17-12-18-16-7-5-6-9-20(16)31-22(18)13-21(17)32-25(15)30/h12-13,19H,3-11H2,1-2H3,(H,26,27)(H,28,29)/t19-/m0/s1. The molecule has 0 fully saturated rings. The Balaban J connectivity index is 1.58. The molecule has 1 aliphatic carbocycles. The number of furan rings is 1. The Morgan fingerprint density at radius 3 is 2.62 bits per heavy atom. The van der Waals surface area contributed by atoms with E-state index in [1.165, 1.54) is 5.56 Å². The lowest BCUT2D eigenvalue weighted by Gasteiger charge is -2.14. The van der Waals surface area contributed by atoms with Crippen molar-refractivity contribution in [2.75, 3.05) is 0 Å². The van der Waals surface area contributed by atoms with E-state index in [1.807, 2.05) is 19.9 Å². The van der Waals surface area contributed by atoms with Crippen molar-refractivity contribution >= 4 is 33.8 Å². The molecule has 2 heterocycles. The van der Waals surface area contributed by atoms with Gasteiger partial charge in [-0.2, -0.15) is 0 Å². The molecule has 1 atom stereocenters. The summed E-state index contributed by atoms with van der Waals surface area (Å²) in [5.74, 6) is -0.401. The number of carboxylic acids is 1. The topological polar surface area (TPSA) is 110 Å². The molecule has 0 saturated heterocycles. The van der Waals surface area contributed by atoms with E-state index in [9.17, 15) is 19.5 Å². The molecular formula is C25H29NO6. The number of benzene rings is 1. The second-order valence-electron chi connectivity index (χ2n) is 8.65. The number of hydrogen-bond donors (Lipinski definition) is 2. The fourth-order valence-corrected chi connectivity index (χ4v) is 4.60. The summed E-state index contributed by atoms with van der Waals surface area (Å²) in [7, 11) is 0. The van der Waals surface area contributed by atoms with Gasteiger partial charge in [-0.05, 0) is 50.7 Å². The van der Waals surface area contributed by atoms with Crippen molar-refractivity contribution in [3.63, 3.8) is 0 Å². The first-order valence-electron chi connectivity index (χ1n) is 11.4. The van der Waals surface area contributed by atoms with Crippen molar-refractivity contribution in [1.29, 1.82) is 0 Å². The highest BCUT2D eigenvalue weighted by Gasteiger charge is 2.22. The molecule has 1 amide bonds. The number of aliphatic carboxylic acids is 1. The number of fused-ring (bicyclic) bond motifs is 4. The van der Waals surface area contributed by atoms with E-state index in [2.05, 4.69) is 5.32 Å². The number of amides is 1. The fraction of sp³-hybridized carbons (Fsp3) is 0.480. The molecule has 7 heteroatoms. The Labute approximate surface area is 185 Å². The average Bonchev–Trinajstić information content (AvgIpc) is 3.12. The molecule has 4 rings (SSSR count). The van der Waals surface area contributed by atoms with Crippen molar-refractivity contribution in [2.24, 2.45) is 0 Å². The number of unbranched alkanes of at least 4 members (excludes halogenated alkanes) is 1. The molecule has 1 aliphatic rings. The highest BCUT2D eigenvalue weighted by molar-refractivity contribution is 5.97. The zero-order valence-corrected chi connectivity index (χ0v) is 18.6. The molecular weight excluding hydrogens is 410 g/mol. The van der Waals surface area contributed by atoms with Crippen LogP contribution in [0.3, 0.4) is 0 Å². The van der Waals surface area contributed by atoms with Gasteiger partial charge in [-0.15, -0.1) is 0 Å². The Hall–Kier alpha value is -3.09. The van der Waals surface area contributed by atoms with Gasteiger partial charge in [0.2, 0.25) is 5.91 Å². The zero-order chi connectivity index (χ0) is 22.8. The molecule has 7 nitrogen and oxygen atoms in total. The van der Waals surface area contributed by atoms with Crippen LogP contribution in [0.2, 0.25) is 0 Å². The van der Waals surface area contributed by atoms with Crippen molar-refractivity contribution in [3.8, 4) is 0 Å². The molecule has 3 aromatic rings. The van der Waals surface area contributed by atoms with Crippen molar-refractivity contribution < 1.29 is 23.5 Å². The van der Waals surface area contributed by atoms with Crippen LogP contribution in [0.15, 0.2) is 25.8 Å². The van der Waals surface area contributed by atoms with Gasteiger partial charge >= 0.3 is 11.6 Å². The summed E-state index contributed by atoms with van der Waals surface area (Å²) in [5, 5.41) is 13.8. The summed E-state index contributed by atoms with van der Waals surface area (Å²) in [4.78, 5) is 36.4. The first-order chi connectivity index (χ1) is 15.4. The predicted octanol–water partition coefficient (Wildman–Crippen LogP) is 4.42. The maximum Gasteiger partial charge on any atom is 0.339 e. The lowest BCUT2D eigenvalue weighted by atomic mass is 9.94. The van der Waals surface area contributed by atoms with Crippen molar-refractivity contribution in [1.82, 2.24) is 5.32 Å². The van der Waals surface area contributed by atoms with Gasteiger partial charge in [0.25, 0.3) is 0 Å². The van der Waals surface area contributed by atoms with Crippen LogP contribution in [0.5, 0.6) is 0 Å².